The zero-order chi connectivity index (χ0) is 36.0. The third-order valence-corrected chi connectivity index (χ3v) is 9.56. The molecule has 0 radical (unpaired) electrons. The topological polar surface area (TPSA) is 149 Å². The summed E-state index contributed by atoms with van der Waals surface area (Å²) in [5, 5.41) is 53.7. The number of carbonyl (C=O) groups excluding carboxylic acids is 1. The quantitative estimate of drug-likeness (QED) is 0.0320. The van der Waals surface area contributed by atoms with Crippen LogP contribution < -0.4 is 5.32 Å². The minimum atomic E-state index is -1.55. The SMILES string of the molecule is CCCCCCC/C=C\C/C=C\CCCCCCCCCCCC(=O)NC(COC1OC(CO)C(O)C(O)C1O)C(O)CCCCCCC. The van der Waals surface area contributed by atoms with E-state index in [4.69, 9.17) is 9.47 Å². The number of allylic oxidation sites excluding steroid dienone is 4. The van der Waals surface area contributed by atoms with Crippen LogP contribution >= 0.6 is 0 Å². The lowest BCUT2D eigenvalue weighted by molar-refractivity contribution is -0.302. The van der Waals surface area contributed by atoms with Gasteiger partial charge in [0.2, 0.25) is 5.91 Å². The van der Waals surface area contributed by atoms with Gasteiger partial charge >= 0.3 is 0 Å². The second-order valence-electron chi connectivity index (χ2n) is 14.1. The summed E-state index contributed by atoms with van der Waals surface area (Å²) in [6, 6.07) is -0.715. The number of hydrogen-bond donors (Lipinski definition) is 6. The first-order valence-electron chi connectivity index (χ1n) is 20.0. The molecular weight excluding hydrogens is 622 g/mol. The van der Waals surface area contributed by atoms with E-state index in [2.05, 4.69) is 43.5 Å². The highest BCUT2D eigenvalue weighted by Crippen LogP contribution is 2.23. The summed E-state index contributed by atoms with van der Waals surface area (Å²) in [5.74, 6) is -0.157. The molecule has 0 aliphatic carbocycles. The molecule has 1 fully saturated rings. The van der Waals surface area contributed by atoms with Crippen molar-refractivity contribution in [3.8, 4) is 0 Å². The largest absolute Gasteiger partial charge is 0.394 e. The van der Waals surface area contributed by atoms with Crippen molar-refractivity contribution in [1.29, 1.82) is 0 Å². The number of ether oxygens (including phenoxy) is 2. The molecular formula is C40H75NO8. The highest BCUT2D eigenvalue weighted by molar-refractivity contribution is 5.76. The second kappa shape index (κ2) is 31.4. The van der Waals surface area contributed by atoms with Crippen molar-refractivity contribution in [1.82, 2.24) is 5.32 Å². The molecule has 1 aliphatic rings. The Labute approximate surface area is 298 Å². The van der Waals surface area contributed by atoms with E-state index in [1.54, 1.807) is 0 Å². The average Bonchev–Trinajstić information content (AvgIpc) is 3.10. The molecule has 0 aromatic heterocycles. The van der Waals surface area contributed by atoms with Crippen LogP contribution in [0.4, 0.5) is 0 Å². The van der Waals surface area contributed by atoms with Gasteiger partial charge in [-0.15, -0.1) is 0 Å². The lowest BCUT2D eigenvalue weighted by Gasteiger charge is -2.40. The predicted molar refractivity (Wildman–Crippen MR) is 198 cm³/mol. The number of unbranched alkanes of at least 4 members (excludes halogenated alkanes) is 18. The van der Waals surface area contributed by atoms with Gasteiger partial charge in [0, 0.05) is 6.42 Å². The summed E-state index contributed by atoms with van der Waals surface area (Å²) in [4.78, 5) is 12.8. The molecule has 1 heterocycles. The molecule has 0 aromatic carbocycles. The summed E-state index contributed by atoms with van der Waals surface area (Å²) in [6.45, 7) is 3.71. The van der Waals surface area contributed by atoms with Gasteiger partial charge in [0.1, 0.15) is 24.4 Å². The Kier molecular flexibility index (Phi) is 29.3. The third kappa shape index (κ3) is 23.0. The Bertz CT molecular complexity index is 822. The average molecular weight is 698 g/mol. The first kappa shape index (κ1) is 45.7. The van der Waals surface area contributed by atoms with Crippen LogP contribution in [0.25, 0.3) is 0 Å². The maximum Gasteiger partial charge on any atom is 0.220 e. The second-order valence-corrected chi connectivity index (χ2v) is 14.1. The van der Waals surface area contributed by atoms with Crippen LogP contribution in [0.3, 0.4) is 0 Å². The number of nitrogens with one attached hydrogen (secondary N) is 1. The van der Waals surface area contributed by atoms with Crippen LogP contribution in [-0.4, -0.2) is 87.5 Å². The molecule has 9 heteroatoms. The molecule has 1 aliphatic heterocycles. The van der Waals surface area contributed by atoms with Crippen LogP contribution in [0.5, 0.6) is 0 Å². The summed E-state index contributed by atoms with van der Waals surface area (Å²) < 4.78 is 11.1. The van der Waals surface area contributed by atoms with E-state index in [0.717, 1.165) is 57.8 Å². The Hall–Kier alpha value is -1.33. The zero-order valence-electron chi connectivity index (χ0n) is 31.2. The lowest BCUT2D eigenvalue weighted by atomic mass is 9.99. The van der Waals surface area contributed by atoms with Gasteiger partial charge in [-0.05, 0) is 44.9 Å². The van der Waals surface area contributed by atoms with Crippen molar-refractivity contribution in [3.63, 3.8) is 0 Å². The van der Waals surface area contributed by atoms with E-state index in [-0.39, 0.29) is 12.5 Å². The number of aliphatic hydroxyl groups is 5. The fourth-order valence-corrected chi connectivity index (χ4v) is 6.25. The number of rotatable bonds is 32. The lowest BCUT2D eigenvalue weighted by Crippen LogP contribution is -2.60. The van der Waals surface area contributed by atoms with Crippen LogP contribution in [0.15, 0.2) is 24.3 Å². The summed E-state index contributed by atoms with van der Waals surface area (Å²) >= 11 is 0. The Morgan fingerprint density at radius 1 is 0.694 bits per heavy atom. The van der Waals surface area contributed by atoms with Crippen molar-refractivity contribution >= 4 is 5.91 Å². The van der Waals surface area contributed by atoms with E-state index in [0.29, 0.717) is 12.8 Å². The molecule has 0 spiro atoms. The smallest absolute Gasteiger partial charge is 0.220 e. The van der Waals surface area contributed by atoms with E-state index in [9.17, 15) is 30.3 Å². The van der Waals surface area contributed by atoms with Gasteiger partial charge in [-0.1, -0.05) is 141 Å². The minimum absolute atomic E-state index is 0.141. The molecule has 7 unspecified atom stereocenters. The van der Waals surface area contributed by atoms with Crippen LogP contribution in [0, 0.1) is 0 Å². The molecule has 1 saturated heterocycles. The number of carbonyl (C=O) groups is 1. The normalized spacial score (nSPS) is 22.6. The van der Waals surface area contributed by atoms with E-state index in [1.165, 1.54) is 83.5 Å². The molecule has 0 saturated carbocycles. The van der Waals surface area contributed by atoms with Crippen molar-refractivity contribution < 1.29 is 39.8 Å². The Balaban J connectivity index is 2.22. The number of amides is 1. The first-order valence-corrected chi connectivity index (χ1v) is 20.0. The summed E-state index contributed by atoms with van der Waals surface area (Å²) in [6.07, 6.45) is 28.0. The molecule has 288 valence electrons. The van der Waals surface area contributed by atoms with Gasteiger partial charge < -0.3 is 40.3 Å². The monoisotopic (exact) mass is 698 g/mol. The third-order valence-electron chi connectivity index (χ3n) is 9.56. The van der Waals surface area contributed by atoms with Gasteiger partial charge in [-0.25, -0.2) is 0 Å². The standard InChI is InChI=1S/C40H75NO8/c1-3-5-7-9-10-11-12-13-14-15-16-17-18-19-20-21-22-23-24-26-28-30-36(44)41-33(34(43)29-27-25-8-6-4-2)32-48-40-39(47)38(46)37(45)35(31-42)49-40/h12-13,15-16,33-35,37-40,42-43,45-47H,3-11,14,17-32H2,1-2H3,(H,41,44)/b13-12-,16-15-. The van der Waals surface area contributed by atoms with Crippen LogP contribution in [0.1, 0.15) is 168 Å². The van der Waals surface area contributed by atoms with Gasteiger partial charge in [0.25, 0.3) is 0 Å². The van der Waals surface area contributed by atoms with Crippen molar-refractivity contribution in [3.05, 3.63) is 24.3 Å². The molecule has 49 heavy (non-hydrogen) atoms. The van der Waals surface area contributed by atoms with Crippen LogP contribution in [0.2, 0.25) is 0 Å². The fourth-order valence-electron chi connectivity index (χ4n) is 6.25. The number of hydrogen-bond acceptors (Lipinski definition) is 8. The molecule has 0 aromatic rings. The van der Waals surface area contributed by atoms with Gasteiger partial charge in [0.15, 0.2) is 6.29 Å². The molecule has 9 nitrogen and oxygen atoms in total. The maximum atomic E-state index is 12.8. The predicted octanol–water partition coefficient (Wildman–Crippen LogP) is 7.16. The molecule has 1 rings (SSSR count). The zero-order valence-corrected chi connectivity index (χ0v) is 31.2. The molecule has 1 amide bonds. The minimum Gasteiger partial charge on any atom is -0.394 e. The molecule has 0 bridgehead atoms. The first-order chi connectivity index (χ1) is 23.8. The van der Waals surface area contributed by atoms with Crippen molar-refractivity contribution in [2.75, 3.05) is 13.2 Å². The molecule has 6 N–H and O–H groups in total. The van der Waals surface area contributed by atoms with Crippen molar-refractivity contribution in [2.45, 2.75) is 211 Å². The summed E-state index contributed by atoms with van der Waals surface area (Å²) in [5.41, 5.74) is 0. The van der Waals surface area contributed by atoms with E-state index >= 15 is 0 Å². The molecule has 7 atom stereocenters. The van der Waals surface area contributed by atoms with Crippen LogP contribution in [-0.2, 0) is 14.3 Å². The van der Waals surface area contributed by atoms with Gasteiger partial charge in [-0.2, -0.15) is 0 Å². The Morgan fingerprint density at radius 3 is 1.76 bits per heavy atom. The highest BCUT2D eigenvalue weighted by atomic mass is 16.7. The maximum absolute atomic E-state index is 12.8. The van der Waals surface area contributed by atoms with E-state index in [1.807, 2.05) is 0 Å². The Morgan fingerprint density at radius 2 is 1.20 bits per heavy atom. The number of aliphatic hydroxyl groups excluding tert-OH is 5. The highest BCUT2D eigenvalue weighted by Gasteiger charge is 2.44. The van der Waals surface area contributed by atoms with Crippen molar-refractivity contribution in [2.24, 2.45) is 0 Å². The van der Waals surface area contributed by atoms with E-state index < -0.39 is 49.5 Å². The van der Waals surface area contributed by atoms with Gasteiger partial charge in [0.05, 0.1) is 25.4 Å². The fraction of sp³-hybridized carbons (Fsp3) is 0.875. The van der Waals surface area contributed by atoms with Gasteiger partial charge in [-0.3, -0.25) is 4.79 Å². The summed E-state index contributed by atoms with van der Waals surface area (Å²) in [7, 11) is 0.